The van der Waals surface area contributed by atoms with Crippen molar-refractivity contribution in [2.24, 2.45) is 7.05 Å². The van der Waals surface area contributed by atoms with Crippen molar-refractivity contribution in [2.45, 2.75) is 10.9 Å². The van der Waals surface area contributed by atoms with Crippen molar-refractivity contribution in [1.82, 2.24) is 14.8 Å². The summed E-state index contributed by atoms with van der Waals surface area (Å²) in [5, 5.41) is 8.82. The average molecular weight is 258 g/mol. The van der Waals surface area contributed by atoms with Crippen molar-refractivity contribution in [3.8, 4) is 0 Å². The quantitative estimate of drug-likeness (QED) is 0.792. The molecule has 0 saturated heterocycles. The first-order chi connectivity index (χ1) is 7.68. The molecule has 1 heterocycles. The van der Waals surface area contributed by atoms with Gasteiger partial charge in [0.2, 0.25) is 0 Å². The summed E-state index contributed by atoms with van der Waals surface area (Å²) < 4.78 is 15.2. The van der Waals surface area contributed by atoms with Crippen LogP contribution in [-0.2, 0) is 12.8 Å². The van der Waals surface area contributed by atoms with Gasteiger partial charge < -0.3 is 4.57 Å². The summed E-state index contributed by atoms with van der Waals surface area (Å²) in [6, 6.07) is 4.67. The number of rotatable bonds is 3. The molecule has 0 amide bonds. The predicted molar refractivity (Wildman–Crippen MR) is 62.0 cm³/mol. The Morgan fingerprint density at radius 1 is 1.50 bits per heavy atom. The van der Waals surface area contributed by atoms with Crippen LogP contribution in [-0.4, -0.2) is 14.8 Å². The van der Waals surface area contributed by atoms with Crippen LogP contribution < -0.4 is 0 Å². The molecule has 0 N–H and O–H groups in total. The van der Waals surface area contributed by atoms with Crippen molar-refractivity contribution in [2.75, 3.05) is 0 Å². The minimum Gasteiger partial charge on any atom is -0.312 e. The number of thioether (sulfide) groups is 1. The minimum atomic E-state index is -0.290. The molecule has 0 saturated carbocycles. The molecule has 0 aliphatic carbocycles. The maximum Gasteiger partial charge on any atom is 0.191 e. The lowest BCUT2D eigenvalue weighted by molar-refractivity contribution is 0.617. The van der Waals surface area contributed by atoms with Crippen molar-refractivity contribution in [1.29, 1.82) is 0 Å². The van der Waals surface area contributed by atoms with Crippen LogP contribution >= 0.6 is 23.4 Å². The van der Waals surface area contributed by atoms with Gasteiger partial charge in [-0.15, -0.1) is 10.2 Å². The van der Waals surface area contributed by atoms with Gasteiger partial charge in [0, 0.05) is 23.4 Å². The molecule has 6 heteroatoms. The van der Waals surface area contributed by atoms with Crippen molar-refractivity contribution >= 4 is 23.4 Å². The van der Waals surface area contributed by atoms with Crippen molar-refractivity contribution in [3.05, 3.63) is 40.9 Å². The molecule has 0 radical (unpaired) electrons. The van der Waals surface area contributed by atoms with E-state index in [9.17, 15) is 4.39 Å². The van der Waals surface area contributed by atoms with E-state index >= 15 is 0 Å². The Bertz CT molecular complexity index is 480. The second-order valence-corrected chi connectivity index (χ2v) is 4.56. The van der Waals surface area contributed by atoms with Crippen LogP contribution in [0.2, 0.25) is 5.02 Å². The van der Waals surface area contributed by atoms with Crippen molar-refractivity contribution in [3.63, 3.8) is 0 Å². The lowest BCUT2D eigenvalue weighted by atomic mass is 10.2. The zero-order chi connectivity index (χ0) is 11.5. The first-order valence-corrected chi connectivity index (χ1v) is 5.94. The Kier molecular flexibility index (Phi) is 3.46. The summed E-state index contributed by atoms with van der Waals surface area (Å²) in [7, 11) is 1.84. The normalized spacial score (nSPS) is 10.7. The lowest BCUT2D eigenvalue weighted by Gasteiger charge is -2.04. The van der Waals surface area contributed by atoms with Crippen LogP contribution in [0.4, 0.5) is 4.39 Å². The second kappa shape index (κ2) is 4.84. The Morgan fingerprint density at radius 3 is 2.94 bits per heavy atom. The largest absolute Gasteiger partial charge is 0.312 e. The maximum absolute atomic E-state index is 13.4. The first kappa shape index (κ1) is 11.4. The van der Waals surface area contributed by atoms with Gasteiger partial charge in [-0.1, -0.05) is 29.4 Å². The van der Waals surface area contributed by atoms with Crippen LogP contribution in [0.1, 0.15) is 5.56 Å². The molecule has 0 unspecified atom stereocenters. The number of benzene rings is 1. The van der Waals surface area contributed by atoms with Crippen molar-refractivity contribution < 1.29 is 4.39 Å². The first-order valence-electron chi connectivity index (χ1n) is 4.58. The zero-order valence-corrected chi connectivity index (χ0v) is 10.1. The minimum absolute atomic E-state index is 0.290. The molecule has 0 spiro atoms. The Morgan fingerprint density at radius 2 is 2.31 bits per heavy atom. The van der Waals surface area contributed by atoms with E-state index in [2.05, 4.69) is 10.2 Å². The SMILES string of the molecule is Cn1cnnc1SCc1c(F)cccc1Cl. The van der Waals surface area contributed by atoms with Gasteiger partial charge in [-0.25, -0.2) is 4.39 Å². The summed E-state index contributed by atoms with van der Waals surface area (Å²) in [6.07, 6.45) is 1.60. The summed E-state index contributed by atoms with van der Waals surface area (Å²) in [5.41, 5.74) is 0.497. The number of aromatic nitrogens is 3. The number of nitrogens with zero attached hydrogens (tertiary/aromatic N) is 3. The van der Waals surface area contributed by atoms with Gasteiger partial charge in [-0.2, -0.15) is 0 Å². The van der Waals surface area contributed by atoms with Gasteiger partial charge in [-0.05, 0) is 12.1 Å². The summed E-state index contributed by atoms with van der Waals surface area (Å²) >= 11 is 7.31. The van der Waals surface area contributed by atoms with Gasteiger partial charge in [-0.3, -0.25) is 0 Å². The summed E-state index contributed by atoms with van der Waals surface area (Å²) in [5.74, 6) is 0.153. The zero-order valence-electron chi connectivity index (χ0n) is 8.52. The summed E-state index contributed by atoms with van der Waals surface area (Å²) in [6.45, 7) is 0. The van der Waals surface area contributed by atoms with Crippen LogP contribution in [0.3, 0.4) is 0 Å². The van der Waals surface area contributed by atoms with E-state index in [1.807, 2.05) is 7.05 Å². The van der Waals surface area contributed by atoms with Crippen LogP contribution in [0.5, 0.6) is 0 Å². The highest BCUT2D eigenvalue weighted by molar-refractivity contribution is 7.98. The number of hydrogen-bond donors (Lipinski definition) is 0. The third-order valence-corrected chi connectivity index (χ3v) is 3.49. The van der Waals surface area contributed by atoms with Gasteiger partial charge in [0.15, 0.2) is 5.16 Å². The Labute approximate surface area is 102 Å². The van der Waals surface area contributed by atoms with Crippen LogP contribution in [0.25, 0.3) is 0 Å². The third kappa shape index (κ3) is 2.36. The monoisotopic (exact) mass is 257 g/mol. The van der Waals surface area contributed by atoms with Crippen LogP contribution in [0, 0.1) is 5.82 Å². The van der Waals surface area contributed by atoms with E-state index in [1.165, 1.54) is 17.8 Å². The van der Waals surface area contributed by atoms with E-state index in [0.717, 1.165) is 5.16 Å². The molecule has 84 valence electrons. The molecular weight excluding hydrogens is 249 g/mol. The number of aryl methyl sites for hydroxylation is 1. The van der Waals surface area contributed by atoms with E-state index in [1.54, 1.807) is 23.0 Å². The standard InChI is InChI=1S/C10H9ClFN3S/c1-15-6-13-14-10(15)16-5-7-8(11)3-2-4-9(7)12/h2-4,6H,5H2,1H3. The van der Waals surface area contributed by atoms with E-state index in [0.29, 0.717) is 16.3 Å². The van der Waals surface area contributed by atoms with Gasteiger partial charge in [0.25, 0.3) is 0 Å². The Hall–Kier alpha value is -1.07. The molecule has 16 heavy (non-hydrogen) atoms. The molecule has 1 aromatic heterocycles. The van der Waals surface area contributed by atoms with E-state index < -0.39 is 0 Å². The smallest absolute Gasteiger partial charge is 0.191 e. The molecule has 3 nitrogen and oxygen atoms in total. The van der Waals surface area contributed by atoms with Gasteiger partial charge >= 0.3 is 0 Å². The van der Waals surface area contributed by atoms with Gasteiger partial charge in [0.05, 0.1) is 0 Å². The van der Waals surface area contributed by atoms with Crippen LogP contribution in [0.15, 0.2) is 29.7 Å². The Balaban J connectivity index is 2.14. The topological polar surface area (TPSA) is 30.7 Å². The molecule has 0 aliphatic heterocycles. The molecular formula is C10H9ClFN3S. The predicted octanol–water partition coefficient (Wildman–Crippen LogP) is 2.90. The molecule has 0 atom stereocenters. The number of halogens is 2. The fraction of sp³-hybridized carbons (Fsp3) is 0.200. The fourth-order valence-electron chi connectivity index (χ4n) is 1.21. The van der Waals surface area contributed by atoms with E-state index in [4.69, 9.17) is 11.6 Å². The second-order valence-electron chi connectivity index (χ2n) is 3.21. The van der Waals surface area contributed by atoms with Gasteiger partial charge in [0.1, 0.15) is 12.1 Å². The fourth-order valence-corrected chi connectivity index (χ4v) is 2.44. The third-order valence-electron chi connectivity index (χ3n) is 2.08. The molecule has 1 aromatic carbocycles. The molecule has 0 aliphatic rings. The average Bonchev–Trinajstić information content (AvgIpc) is 2.64. The molecule has 0 fully saturated rings. The highest BCUT2D eigenvalue weighted by atomic mass is 35.5. The molecule has 2 aromatic rings. The highest BCUT2D eigenvalue weighted by Gasteiger charge is 2.09. The summed E-state index contributed by atoms with van der Waals surface area (Å²) in [4.78, 5) is 0. The molecule has 0 bridgehead atoms. The molecule has 2 rings (SSSR count). The number of hydrogen-bond acceptors (Lipinski definition) is 3. The van der Waals surface area contributed by atoms with E-state index in [-0.39, 0.29) is 5.82 Å². The lowest BCUT2D eigenvalue weighted by Crippen LogP contribution is -1.92. The maximum atomic E-state index is 13.4. The highest BCUT2D eigenvalue weighted by Crippen LogP contribution is 2.26.